The minimum atomic E-state index is 0.799. The molecule has 0 saturated heterocycles. The number of aromatic nitrogens is 2. The van der Waals surface area contributed by atoms with Crippen LogP contribution in [0.5, 0.6) is 5.75 Å². The number of nitrogens with zero attached hydrogens (tertiary/aromatic N) is 1. The van der Waals surface area contributed by atoms with Crippen LogP contribution < -0.4 is 10.1 Å². The fourth-order valence-electron chi connectivity index (χ4n) is 2.49. The molecule has 1 heterocycles. The molecular weight excluding hydrogens is 274 g/mol. The van der Waals surface area contributed by atoms with Gasteiger partial charge in [0.1, 0.15) is 5.75 Å². The molecule has 0 saturated carbocycles. The zero-order chi connectivity index (χ0) is 15.8. The highest BCUT2D eigenvalue weighted by Crippen LogP contribution is 2.25. The van der Waals surface area contributed by atoms with Gasteiger partial charge in [-0.3, -0.25) is 5.10 Å². The van der Waals surface area contributed by atoms with E-state index in [1.807, 2.05) is 19.2 Å². The molecule has 0 amide bonds. The van der Waals surface area contributed by atoms with Crippen LogP contribution in [0, 0.1) is 6.92 Å². The lowest BCUT2D eigenvalue weighted by molar-refractivity contribution is 0.305. The van der Waals surface area contributed by atoms with E-state index in [9.17, 15) is 0 Å². The van der Waals surface area contributed by atoms with E-state index >= 15 is 0 Å². The van der Waals surface area contributed by atoms with Crippen LogP contribution in [0.4, 0.5) is 0 Å². The molecule has 1 aromatic carbocycles. The summed E-state index contributed by atoms with van der Waals surface area (Å²) in [7, 11) is 1.94. The Labute approximate surface area is 133 Å². The predicted octanol–water partition coefficient (Wildman–Crippen LogP) is 4.06. The zero-order valence-corrected chi connectivity index (χ0v) is 13.9. The molecular formula is C18H27N3O. The van der Waals surface area contributed by atoms with E-state index in [0.29, 0.717) is 0 Å². The van der Waals surface area contributed by atoms with Crippen molar-refractivity contribution >= 4 is 0 Å². The van der Waals surface area contributed by atoms with Crippen molar-refractivity contribution in [3.05, 3.63) is 35.5 Å². The van der Waals surface area contributed by atoms with Gasteiger partial charge in [0.05, 0.1) is 18.0 Å². The van der Waals surface area contributed by atoms with Crippen molar-refractivity contribution in [2.45, 2.75) is 46.1 Å². The predicted molar refractivity (Wildman–Crippen MR) is 91.2 cm³/mol. The van der Waals surface area contributed by atoms with Crippen LogP contribution >= 0.6 is 0 Å². The Balaban J connectivity index is 1.94. The summed E-state index contributed by atoms with van der Waals surface area (Å²) in [6.45, 7) is 5.92. The first-order valence-corrected chi connectivity index (χ1v) is 8.18. The van der Waals surface area contributed by atoms with Crippen molar-refractivity contribution in [3.63, 3.8) is 0 Å². The van der Waals surface area contributed by atoms with E-state index in [1.54, 1.807) is 0 Å². The molecule has 0 aliphatic rings. The summed E-state index contributed by atoms with van der Waals surface area (Å²) in [6.07, 6.45) is 4.92. The van der Waals surface area contributed by atoms with Gasteiger partial charge in [0.15, 0.2) is 0 Å². The van der Waals surface area contributed by atoms with E-state index in [0.717, 1.165) is 42.3 Å². The lowest BCUT2D eigenvalue weighted by atomic mass is 10.1. The van der Waals surface area contributed by atoms with Crippen molar-refractivity contribution in [3.8, 4) is 17.0 Å². The summed E-state index contributed by atoms with van der Waals surface area (Å²) in [4.78, 5) is 0. The molecule has 0 spiro atoms. The molecule has 0 bridgehead atoms. The fraction of sp³-hybridized carbons (Fsp3) is 0.500. The molecule has 0 aliphatic heterocycles. The van der Waals surface area contributed by atoms with E-state index < -0.39 is 0 Å². The first kappa shape index (κ1) is 16.6. The highest BCUT2D eigenvalue weighted by molar-refractivity contribution is 5.64. The maximum atomic E-state index is 5.78. The largest absolute Gasteiger partial charge is 0.494 e. The third-order valence-electron chi connectivity index (χ3n) is 3.86. The smallest absolute Gasteiger partial charge is 0.119 e. The number of aromatic amines is 1. The molecule has 0 unspecified atom stereocenters. The number of hydrogen-bond donors (Lipinski definition) is 2. The number of unbranched alkanes of at least 4 members (excludes halogenated alkanes) is 3. The summed E-state index contributed by atoms with van der Waals surface area (Å²) in [5.41, 5.74) is 4.46. The third-order valence-corrected chi connectivity index (χ3v) is 3.86. The van der Waals surface area contributed by atoms with Crippen molar-refractivity contribution in [2.24, 2.45) is 0 Å². The van der Waals surface area contributed by atoms with Crippen LogP contribution in [0.25, 0.3) is 11.3 Å². The molecule has 1 aromatic heterocycles. The molecule has 120 valence electrons. The Hall–Kier alpha value is -1.81. The maximum Gasteiger partial charge on any atom is 0.119 e. The first-order chi connectivity index (χ1) is 10.8. The van der Waals surface area contributed by atoms with Gasteiger partial charge in [-0.05, 0) is 50.2 Å². The van der Waals surface area contributed by atoms with Crippen molar-refractivity contribution in [2.75, 3.05) is 13.7 Å². The molecule has 0 radical (unpaired) electrons. The molecule has 0 fully saturated rings. The van der Waals surface area contributed by atoms with Gasteiger partial charge in [-0.2, -0.15) is 5.10 Å². The first-order valence-electron chi connectivity index (χ1n) is 8.18. The number of rotatable bonds is 9. The highest BCUT2D eigenvalue weighted by Gasteiger charge is 2.10. The van der Waals surface area contributed by atoms with Crippen molar-refractivity contribution in [1.82, 2.24) is 15.5 Å². The van der Waals surface area contributed by atoms with Crippen LogP contribution in [0.1, 0.15) is 43.9 Å². The van der Waals surface area contributed by atoms with Gasteiger partial charge in [0.25, 0.3) is 0 Å². The standard InChI is InChI=1S/C18H27N3O/c1-4-5-6-7-12-22-16-10-8-15(9-11-16)18-14(2)17(13-19-3)20-21-18/h8-11,19H,4-7,12-13H2,1-3H3,(H,20,21). The van der Waals surface area contributed by atoms with Crippen molar-refractivity contribution in [1.29, 1.82) is 0 Å². The second kappa shape index (κ2) is 8.59. The number of nitrogens with one attached hydrogen (secondary N) is 2. The molecule has 22 heavy (non-hydrogen) atoms. The van der Waals surface area contributed by atoms with Gasteiger partial charge in [-0.1, -0.05) is 26.2 Å². The molecule has 4 nitrogen and oxygen atoms in total. The monoisotopic (exact) mass is 301 g/mol. The van der Waals surface area contributed by atoms with E-state index in [4.69, 9.17) is 4.74 Å². The SMILES string of the molecule is CCCCCCOc1ccc(-c2n[nH]c(CNC)c2C)cc1. The van der Waals surface area contributed by atoms with Crippen molar-refractivity contribution < 1.29 is 4.74 Å². The topological polar surface area (TPSA) is 49.9 Å². The number of hydrogen-bond acceptors (Lipinski definition) is 3. The van der Waals surface area contributed by atoms with Crippen LogP contribution in [0.3, 0.4) is 0 Å². The Morgan fingerprint density at radius 3 is 2.59 bits per heavy atom. The van der Waals surface area contributed by atoms with E-state index in [-0.39, 0.29) is 0 Å². The second-order valence-corrected chi connectivity index (χ2v) is 5.64. The van der Waals surface area contributed by atoms with E-state index in [2.05, 4.69) is 41.5 Å². The maximum absolute atomic E-state index is 5.78. The summed E-state index contributed by atoms with van der Waals surface area (Å²) < 4.78 is 5.78. The van der Waals surface area contributed by atoms with Crippen LogP contribution in [0.15, 0.2) is 24.3 Å². The zero-order valence-electron chi connectivity index (χ0n) is 13.9. The van der Waals surface area contributed by atoms with Crippen LogP contribution in [-0.4, -0.2) is 23.9 Å². The number of benzene rings is 1. The van der Waals surface area contributed by atoms with Gasteiger partial charge < -0.3 is 10.1 Å². The average Bonchev–Trinajstić information content (AvgIpc) is 2.89. The lowest BCUT2D eigenvalue weighted by Crippen LogP contribution is -2.06. The Kier molecular flexibility index (Phi) is 6.46. The lowest BCUT2D eigenvalue weighted by Gasteiger charge is -2.07. The van der Waals surface area contributed by atoms with Gasteiger partial charge in [-0.25, -0.2) is 0 Å². The molecule has 4 heteroatoms. The van der Waals surface area contributed by atoms with Gasteiger partial charge >= 0.3 is 0 Å². The third kappa shape index (κ3) is 4.34. The Morgan fingerprint density at radius 1 is 1.14 bits per heavy atom. The molecule has 0 aliphatic carbocycles. The van der Waals surface area contributed by atoms with Crippen LogP contribution in [0.2, 0.25) is 0 Å². The van der Waals surface area contributed by atoms with Gasteiger partial charge in [-0.15, -0.1) is 0 Å². The minimum Gasteiger partial charge on any atom is -0.494 e. The summed E-state index contributed by atoms with van der Waals surface area (Å²) >= 11 is 0. The van der Waals surface area contributed by atoms with Gasteiger partial charge in [0.2, 0.25) is 0 Å². The summed E-state index contributed by atoms with van der Waals surface area (Å²) in [5.74, 6) is 0.934. The molecule has 2 aromatic rings. The van der Waals surface area contributed by atoms with Gasteiger partial charge in [0, 0.05) is 12.1 Å². The summed E-state index contributed by atoms with van der Waals surface area (Å²) in [6, 6.07) is 8.21. The van der Waals surface area contributed by atoms with E-state index in [1.165, 1.54) is 24.8 Å². The summed E-state index contributed by atoms with van der Waals surface area (Å²) in [5, 5.41) is 10.7. The second-order valence-electron chi connectivity index (χ2n) is 5.64. The highest BCUT2D eigenvalue weighted by atomic mass is 16.5. The number of ether oxygens (including phenoxy) is 1. The van der Waals surface area contributed by atoms with Crippen LogP contribution in [-0.2, 0) is 6.54 Å². The molecule has 0 atom stereocenters. The molecule has 2 rings (SSSR count). The quantitative estimate of drug-likeness (QED) is 0.687. The Bertz CT molecular complexity index is 560. The normalized spacial score (nSPS) is 10.9. The average molecular weight is 301 g/mol. The Morgan fingerprint density at radius 2 is 1.91 bits per heavy atom. The number of H-pyrrole nitrogens is 1. The fourth-order valence-corrected chi connectivity index (χ4v) is 2.49. The molecule has 2 N–H and O–H groups in total. The minimum absolute atomic E-state index is 0.799.